The van der Waals surface area contributed by atoms with Gasteiger partial charge in [-0.25, -0.2) is 4.98 Å². The Morgan fingerprint density at radius 1 is 1.43 bits per heavy atom. The Balaban J connectivity index is 1.84. The highest BCUT2D eigenvalue weighted by Crippen LogP contribution is 2.28. The summed E-state index contributed by atoms with van der Waals surface area (Å²) in [6.07, 6.45) is 1.07. The summed E-state index contributed by atoms with van der Waals surface area (Å²) in [5, 5.41) is 15.2. The summed E-state index contributed by atoms with van der Waals surface area (Å²) in [5.41, 5.74) is 5.92. The van der Waals surface area contributed by atoms with Crippen molar-refractivity contribution in [2.45, 2.75) is 13.0 Å². The smallest absolute Gasteiger partial charge is 0.329 e. The Kier molecular flexibility index (Phi) is 3.75. The van der Waals surface area contributed by atoms with Gasteiger partial charge in [-0.05, 0) is 31.2 Å². The Labute approximate surface area is 135 Å². The summed E-state index contributed by atoms with van der Waals surface area (Å²) in [5.74, 6) is 0.637. The van der Waals surface area contributed by atoms with E-state index in [-0.39, 0.29) is 23.5 Å². The summed E-state index contributed by atoms with van der Waals surface area (Å²) in [6.45, 7) is 1.85. The summed E-state index contributed by atoms with van der Waals surface area (Å²) >= 11 is 5.95. The third-order valence-corrected chi connectivity index (χ3v) is 3.50. The normalized spacial score (nSPS) is 12.3. The molecule has 1 unspecified atom stereocenters. The number of nitro groups is 1. The molecule has 0 saturated carbocycles. The molecule has 2 aromatic heterocycles. The second-order valence-corrected chi connectivity index (χ2v) is 5.35. The lowest BCUT2D eigenvalue weighted by atomic mass is 10.2. The molecule has 3 aromatic rings. The molecule has 0 bridgehead atoms. The lowest BCUT2D eigenvalue weighted by Gasteiger charge is -2.11. The Morgan fingerprint density at radius 2 is 2.22 bits per heavy atom. The van der Waals surface area contributed by atoms with Crippen LogP contribution in [-0.2, 0) is 0 Å². The molecule has 0 radical (unpaired) electrons. The number of halogens is 1. The maximum Gasteiger partial charge on any atom is 0.329 e. The zero-order valence-electron chi connectivity index (χ0n) is 12.0. The van der Waals surface area contributed by atoms with Crippen LogP contribution in [0.3, 0.4) is 0 Å². The molecule has 0 aliphatic rings. The third-order valence-electron chi connectivity index (χ3n) is 3.26. The average Bonchev–Trinajstić information content (AvgIpc) is 2.90. The first kappa shape index (κ1) is 15.0. The Morgan fingerprint density at radius 3 is 2.91 bits per heavy atom. The molecule has 9 heteroatoms. The molecule has 2 heterocycles. The van der Waals surface area contributed by atoms with Crippen molar-refractivity contribution in [3.63, 3.8) is 0 Å². The number of nitrogens with two attached hydrogens (primary N) is 1. The zero-order chi connectivity index (χ0) is 16.6. The molecule has 0 spiro atoms. The third kappa shape index (κ3) is 3.02. The number of benzene rings is 1. The lowest BCUT2D eigenvalue weighted by Crippen LogP contribution is -2.10. The van der Waals surface area contributed by atoms with Crippen molar-refractivity contribution in [1.82, 2.24) is 9.97 Å². The number of furan rings is 1. The van der Waals surface area contributed by atoms with Crippen molar-refractivity contribution < 1.29 is 9.34 Å². The van der Waals surface area contributed by atoms with Gasteiger partial charge in [-0.2, -0.15) is 4.98 Å². The van der Waals surface area contributed by atoms with E-state index >= 15 is 0 Å². The predicted octanol–water partition coefficient (Wildman–Crippen LogP) is 3.54. The van der Waals surface area contributed by atoms with Gasteiger partial charge >= 0.3 is 5.69 Å². The fourth-order valence-electron chi connectivity index (χ4n) is 2.11. The van der Waals surface area contributed by atoms with Crippen LogP contribution >= 0.6 is 11.6 Å². The average molecular weight is 334 g/mol. The number of rotatable bonds is 4. The quantitative estimate of drug-likeness (QED) is 0.553. The Hall–Kier alpha value is -2.87. The molecule has 0 fully saturated rings. The largest absolute Gasteiger partial charge is 0.459 e. The number of hydrogen-bond donors (Lipinski definition) is 2. The molecular formula is C14H12ClN5O3. The van der Waals surface area contributed by atoms with Gasteiger partial charge in [0.1, 0.15) is 17.5 Å². The molecule has 0 aliphatic carbocycles. The fraction of sp³-hybridized carbons (Fsp3) is 0.143. The maximum absolute atomic E-state index is 10.7. The summed E-state index contributed by atoms with van der Waals surface area (Å²) in [6, 6.07) is 6.93. The second kappa shape index (κ2) is 5.73. The van der Waals surface area contributed by atoms with Gasteiger partial charge in [-0.3, -0.25) is 10.1 Å². The van der Waals surface area contributed by atoms with Crippen LogP contribution < -0.4 is 11.1 Å². The SMILES string of the molecule is CC(Nc1ncc([N+](=O)[O-])c(N)n1)c1cc2cc(Cl)ccc2o1. The number of aromatic nitrogens is 2. The van der Waals surface area contributed by atoms with Crippen molar-refractivity contribution in [2.24, 2.45) is 0 Å². The fourth-order valence-corrected chi connectivity index (χ4v) is 2.29. The van der Waals surface area contributed by atoms with Gasteiger partial charge in [0.25, 0.3) is 0 Å². The van der Waals surface area contributed by atoms with Crippen LogP contribution in [0.5, 0.6) is 0 Å². The first-order valence-electron chi connectivity index (χ1n) is 6.66. The minimum Gasteiger partial charge on any atom is -0.459 e. The van der Waals surface area contributed by atoms with Crippen LogP contribution in [0.1, 0.15) is 18.7 Å². The van der Waals surface area contributed by atoms with Crippen LogP contribution in [0.15, 0.2) is 34.9 Å². The molecule has 3 rings (SSSR count). The van der Waals surface area contributed by atoms with Gasteiger partial charge in [0, 0.05) is 10.4 Å². The van der Waals surface area contributed by atoms with Crippen LogP contribution in [0, 0.1) is 10.1 Å². The monoisotopic (exact) mass is 333 g/mol. The van der Waals surface area contributed by atoms with Gasteiger partial charge in [0.05, 0.1) is 11.0 Å². The van der Waals surface area contributed by atoms with E-state index in [9.17, 15) is 10.1 Å². The molecule has 23 heavy (non-hydrogen) atoms. The number of nitrogen functional groups attached to an aromatic ring is 1. The second-order valence-electron chi connectivity index (χ2n) is 4.92. The van der Waals surface area contributed by atoms with Crippen molar-refractivity contribution >= 4 is 40.0 Å². The minimum absolute atomic E-state index is 0.180. The molecule has 0 amide bonds. The molecule has 3 N–H and O–H groups in total. The molecule has 118 valence electrons. The zero-order valence-corrected chi connectivity index (χ0v) is 12.7. The molecule has 1 aromatic carbocycles. The van der Waals surface area contributed by atoms with Crippen molar-refractivity contribution in [1.29, 1.82) is 0 Å². The maximum atomic E-state index is 10.7. The van der Waals surface area contributed by atoms with Gasteiger partial charge in [0.2, 0.25) is 11.8 Å². The van der Waals surface area contributed by atoms with Crippen LogP contribution in [0.4, 0.5) is 17.5 Å². The van der Waals surface area contributed by atoms with Gasteiger partial charge in [-0.1, -0.05) is 11.6 Å². The van der Waals surface area contributed by atoms with Gasteiger partial charge < -0.3 is 15.5 Å². The lowest BCUT2D eigenvalue weighted by molar-refractivity contribution is -0.384. The summed E-state index contributed by atoms with van der Waals surface area (Å²) in [7, 11) is 0. The van der Waals surface area contributed by atoms with E-state index in [0.29, 0.717) is 16.4 Å². The highest BCUT2D eigenvalue weighted by molar-refractivity contribution is 6.31. The topological polar surface area (TPSA) is 120 Å². The Bertz CT molecular complexity index is 895. The first-order chi connectivity index (χ1) is 10.9. The predicted molar refractivity (Wildman–Crippen MR) is 86.4 cm³/mol. The van der Waals surface area contributed by atoms with Crippen LogP contribution in [-0.4, -0.2) is 14.9 Å². The number of fused-ring (bicyclic) bond motifs is 1. The highest BCUT2D eigenvalue weighted by atomic mass is 35.5. The molecule has 1 atom stereocenters. The minimum atomic E-state index is -0.633. The standard InChI is InChI=1S/C14H12ClN5O3/c1-7(12-5-8-4-9(15)2-3-11(8)23-12)18-14-17-6-10(20(21)22)13(16)19-14/h2-7H,1H3,(H3,16,17,18,19). The number of nitrogens with zero attached hydrogens (tertiary/aromatic N) is 3. The van der Waals surface area contributed by atoms with E-state index in [1.807, 2.05) is 13.0 Å². The molecule has 0 aliphatic heterocycles. The van der Waals surface area contributed by atoms with Crippen LogP contribution in [0.25, 0.3) is 11.0 Å². The summed E-state index contributed by atoms with van der Waals surface area (Å²) < 4.78 is 5.73. The number of anilines is 2. The number of nitrogens with one attached hydrogen (secondary N) is 1. The van der Waals surface area contributed by atoms with Gasteiger partial charge in [-0.15, -0.1) is 0 Å². The van der Waals surface area contributed by atoms with Crippen molar-refractivity contribution in [3.05, 3.63) is 51.4 Å². The number of hydrogen-bond acceptors (Lipinski definition) is 7. The van der Waals surface area contributed by atoms with Crippen LogP contribution in [0.2, 0.25) is 5.02 Å². The summed E-state index contributed by atoms with van der Waals surface area (Å²) in [4.78, 5) is 17.8. The molecule has 0 saturated heterocycles. The van der Waals surface area contributed by atoms with E-state index in [1.165, 1.54) is 0 Å². The molecular weight excluding hydrogens is 322 g/mol. The van der Waals surface area contributed by atoms with E-state index < -0.39 is 4.92 Å². The van der Waals surface area contributed by atoms with Gasteiger partial charge in [0.15, 0.2) is 0 Å². The van der Waals surface area contributed by atoms with E-state index in [2.05, 4.69) is 15.3 Å². The molecule has 8 nitrogen and oxygen atoms in total. The first-order valence-corrected chi connectivity index (χ1v) is 7.04. The van der Waals surface area contributed by atoms with E-state index in [1.54, 1.807) is 18.2 Å². The highest BCUT2D eigenvalue weighted by Gasteiger charge is 2.17. The van der Waals surface area contributed by atoms with E-state index in [4.69, 9.17) is 21.8 Å². The van der Waals surface area contributed by atoms with Crippen molar-refractivity contribution in [2.75, 3.05) is 11.1 Å². The van der Waals surface area contributed by atoms with Crippen molar-refractivity contribution in [3.8, 4) is 0 Å². The van der Waals surface area contributed by atoms with E-state index in [0.717, 1.165) is 11.6 Å².